The molecule has 0 heterocycles. The molecule has 1 N–H and O–H groups in total. The minimum absolute atomic E-state index is 0.0766. The molecule has 19 heavy (non-hydrogen) atoms. The van der Waals surface area contributed by atoms with Crippen LogP contribution in [0.4, 0.5) is 18.9 Å². The molecule has 0 fully saturated rings. The van der Waals surface area contributed by atoms with Gasteiger partial charge in [0, 0.05) is 12.8 Å². The SMILES string of the molecule is COC(C)C(=O)Nc1ccc(OC(F)(F)F)c(Br)c1. The third-order valence-corrected chi connectivity index (χ3v) is 2.77. The van der Waals surface area contributed by atoms with Gasteiger partial charge in [0.1, 0.15) is 11.9 Å². The van der Waals surface area contributed by atoms with E-state index in [0.29, 0.717) is 5.69 Å². The van der Waals surface area contributed by atoms with E-state index in [-0.39, 0.29) is 10.2 Å². The van der Waals surface area contributed by atoms with E-state index in [9.17, 15) is 18.0 Å². The summed E-state index contributed by atoms with van der Waals surface area (Å²) >= 11 is 2.94. The summed E-state index contributed by atoms with van der Waals surface area (Å²) in [4.78, 5) is 11.5. The zero-order valence-electron chi connectivity index (χ0n) is 10.0. The van der Waals surface area contributed by atoms with E-state index in [1.54, 1.807) is 6.92 Å². The van der Waals surface area contributed by atoms with Crippen LogP contribution in [0.1, 0.15) is 6.92 Å². The Morgan fingerprint density at radius 2 is 2.05 bits per heavy atom. The zero-order valence-corrected chi connectivity index (χ0v) is 11.6. The number of benzene rings is 1. The van der Waals surface area contributed by atoms with Crippen LogP contribution in [0.3, 0.4) is 0 Å². The number of hydrogen-bond donors (Lipinski definition) is 1. The summed E-state index contributed by atoms with van der Waals surface area (Å²) in [5.74, 6) is -0.788. The topological polar surface area (TPSA) is 47.6 Å². The van der Waals surface area contributed by atoms with Crippen LogP contribution in [0.25, 0.3) is 0 Å². The van der Waals surface area contributed by atoms with Crippen molar-refractivity contribution in [1.29, 1.82) is 0 Å². The Labute approximate surface area is 116 Å². The molecule has 1 atom stereocenters. The van der Waals surface area contributed by atoms with E-state index in [1.165, 1.54) is 19.2 Å². The predicted octanol–water partition coefficient (Wildman–Crippen LogP) is 3.32. The molecule has 1 unspecified atom stereocenters. The molecule has 0 aliphatic rings. The van der Waals surface area contributed by atoms with Gasteiger partial charge in [-0.3, -0.25) is 4.79 Å². The van der Waals surface area contributed by atoms with Gasteiger partial charge in [-0.1, -0.05) is 0 Å². The summed E-state index contributed by atoms with van der Waals surface area (Å²) in [5.41, 5.74) is 0.329. The number of hydrogen-bond acceptors (Lipinski definition) is 3. The maximum Gasteiger partial charge on any atom is 0.573 e. The minimum atomic E-state index is -4.77. The molecule has 1 aromatic carbocycles. The molecule has 106 valence electrons. The van der Waals surface area contributed by atoms with Crippen LogP contribution >= 0.6 is 15.9 Å². The number of carbonyl (C=O) groups is 1. The number of amides is 1. The summed E-state index contributed by atoms with van der Waals surface area (Å²) in [6, 6.07) is 3.71. The maximum atomic E-state index is 12.1. The zero-order chi connectivity index (χ0) is 14.6. The lowest BCUT2D eigenvalue weighted by atomic mass is 10.3. The van der Waals surface area contributed by atoms with Gasteiger partial charge in [-0.25, -0.2) is 0 Å². The third-order valence-electron chi connectivity index (χ3n) is 2.15. The molecule has 8 heteroatoms. The summed E-state index contributed by atoms with van der Waals surface area (Å²) in [7, 11) is 1.38. The molecule has 1 rings (SSSR count). The van der Waals surface area contributed by atoms with E-state index in [2.05, 4.69) is 26.0 Å². The normalized spacial score (nSPS) is 12.9. The van der Waals surface area contributed by atoms with Crippen molar-refractivity contribution in [1.82, 2.24) is 0 Å². The molecular weight excluding hydrogens is 331 g/mol. The van der Waals surface area contributed by atoms with E-state index in [1.807, 2.05) is 0 Å². The van der Waals surface area contributed by atoms with Crippen molar-refractivity contribution in [3.8, 4) is 5.75 Å². The Hall–Kier alpha value is -1.28. The Kier molecular flexibility index (Phi) is 5.19. The quantitative estimate of drug-likeness (QED) is 0.913. The molecule has 0 aliphatic heterocycles. The average molecular weight is 342 g/mol. The fraction of sp³-hybridized carbons (Fsp3) is 0.364. The highest BCUT2D eigenvalue weighted by Gasteiger charge is 2.32. The van der Waals surface area contributed by atoms with E-state index < -0.39 is 18.4 Å². The standard InChI is InChI=1S/C11H11BrF3NO3/c1-6(18-2)10(17)16-7-3-4-9(8(12)5-7)19-11(13,14)15/h3-6H,1-2H3,(H,16,17). The Morgan fingerprint density at radius 1 is 1.42 bits per heavy atom. The van der Waals surface area contributed by atoms with Gasteiger partial charge < -0.3 is 14.8 Å². The maximum absolute atomic E-state index is 12.1. The number of nitrogens with one attached hydrogen (secondary N) is 1. The van der Waals surface area contributed by atoms with Crippen molar-refractivity contribution in [3.05, 3.63) is 22.7 Å². The second-order valence-corrected chi connectivity index (χ2v) is 4.41. The highest BCUT2D eigenvalue weighted by molar-refractivity contribution is 9.10. The lowest BCUT2D eigenvalue weighted by Crippen LogP contribution is -2.26. The summed E-state index contributed by atoms with van der Waals surface area (Å²) in [6.45, 7) is 1.55. The molecule has 0 aromatic heterocycles. The van der Waals surface area contributed by atoms with Gasteiger partial charge in [0.2, 0.25) is 0 Å². The van der Waals surface area contributed by atoms with Crippen LogP contribution in [0.15, 0.2) is 22.7 Å². The van der Waals surface area contributed by atoms with Gasteiger partial charge in [0.15, 0.2) is 0 Å². The first-order valence-electron chi connectivity index (χ1n) is 5.12. The summed E-state index contributed by atoms with van der Waals surface area (Å²) < 4.78 is 44.8. The molecule has 0 saturated heterocycles. The van der Waals surface area contributed by atoms with Crippen molar-refractivity contribution in [2.24, 2.45) is 0 Å². The first-order chi connectivity index (χ1) is 8.73. The number of carbonyl (C=O) groups excluding carboxylic acids is 1. The van der Waals surface area contributed by atoms with Gasteiger partial charge in [-0.05, 0) is 41.1 Å². The predicted molar refractivity (Wildman–Crippen MR) is 65.9 cm³/mol. The number of methoxy groups -OCH3 is 1. The molecule has 0 saturated carbocycles. The minimum Gasteiger partial charge on any atom is -0.405 e. The van der Waals surface area contributed by atoms with Crippen LogP contribution < -0.4 is 10.1 Å². The first-order valence-corrected chi connectivity index (χ1v) is 5.91. The van der Waals surface area contributed by atoms with Gasteiger partial charge in [0.05, 0.1) is 4.47 Å². The van der Waals surface area contributed by atoms with E-state index >= 15 is 0 Å². The monoisotopic (exact) mass is 341 g/mol. The van der Waals surface area contributed by atoms with Crippen LogP contribution in [-0.4, -0.2) is 25.5 Å². The molecule has 0 spiro atoms. The summed E-state index contributed by atoms with van der Waals surface area (Å²) in [6.07, 6.45) is -5.43. The van der Waals surface area contributed by atoms with Crippen LogP contribution in [-0.2, 0) is 9.53 Å². The van der Waals surface area contributed by atoms with Crippen molar-refractivity contribution >= 4 is 27.5 Å². The molecular formula is C11H11BrF3NO3. The third kappa shape index (κ3) is 5.07. The van der Waals surface area contributed by atoms with Crippen molar-refractivity contribution in [2.75, 3.05) is 12.4 Å². The lowest BCUT2D eigenvalue weighted by molar-refractivity contribution is -0.274. The number of halogens is 4. The molecule has 1 aromatic rings. The molecule has 0 bridgehead atoms. The van der Waals surface area contributed by atoms with Crippen molar-refractivity contribution < 1.29 is 27.4 Å². The summed E-state index contributed by atoms with van der Waals surface area (Å²) in [5, 5.41) is 2.49. The van der Waals surface area contributed by atoms with Crippen LogP contribution in [0.5, 0.6) is 5.75 Å². The lowest BCUT2D eigenvalue weighted by Gasteiger charge is -2.13. The molecule has 0 radical (unpaired) electrons. The molecule has 0 aliphatic carbocycles. The van der Waals surface area contributed by atoms with Crippen molar-refractivity contribution in [3.63, 3.8) is 0 Å². The molecule has 1 amide bonds. The highest BCUT2D eigenvalue weighted by atomic mass is 79.9. The second-order valence-electron chi connectivity index (χ2n) is 3.56. The van der Waals surface area contributed by atoms with Crippen molar-refractivity contribution in [2.45, 2.75) is 19.4 Å². The van der Waals surface area contributed by atoms with Gasteiger partial charge >= 0.3 is 6.36 Å². The van der Waals surface area contributed by atoms with Gasteiger partial charge in [0.25, 0.3) is 5.91 Å². The van der Waals surface area contributed by atoms with Gasteiger partial charge in [-0.15, -0.1) is 13.2 Å². The highest BCUT2D eigenvalue weighted by Crippen LogP contribution is 2.32. The van der Waals surface area contributed by atoms with E-state index in [0.717, 1.165) is 6.07 Å². The number of anilines is 1. The number of ether oxygens (including phenoxy) is 2. The Morgan fingerprint density at radius 3 is 2.53 bits per heavy atom. The van der Waals surface area contributed by atoms with E-state index in [4.69, 9.17) is 4.74 Å². The fourth-order valence-corrected chi connectivity index (χ4v) is 1.60. The van der Waals surface area contributed by atoms with Gasteiger partial charge in [-0.2, -0.15) is 0 Å². The number of rotatable bonds is 4. The molecule has 4 nitrogen and oxygen atoms in total. The second kappa shape index (κ2) is 6.25. The van der Waals surface area contributed by atoms with Crippen LogP contribution in [0.2, 0.25) is 0 Å². The Balaban J connectivity index is 2.80. The average Bonchev–Trinajstić information content (AvgIpc) is 2.30. The smallest absolute Gasteiger partial charge is 0.405 e. The number of alkyl halides is 3. The first kappa shape index (κ1) is 15.8. The largest absolute Gasteiger partial charge is 0.573 e. The van der Waals surface area contributed by atoms with Crippen LogP contribution in [0, 0.1) is 0 Å². The fourth-order valence-electron chi connectivity index (χ4n) is 1.14. The Bertz CT molecular complexity index is 465.